The van der Waals surface area contributed by atoms with Crippen molar-refractivity contribution in [2.45, 2.75) is 6.42 Å². The minimum absolute atomic E-state index is 0.729. The number of hydrogen-bond donors (Lipinski definition) is 0. The van der Waals surface area contributed by atoms with Gasteiger partial charge in [0.2, 0.25) is 0 Å². The van der Waals surface area contributed by atoms with Crippen LogP contribution in [0.15, 0.2) is 24.5 Å². The van der Waals surface area contributed by atoms with Gasteiger partial charge in [0.25, 0.3) is 0 Å². The highest BCUT2D eigenvalue weighted by Crippen LogP contribution is 2.27. The molecule has 4 rings (SSSR count). The first kappa shape index (κ1) is 16.5. The highest BCUT2D eigenvalue weighted by molar-refractivity contribution is 5.91. The lowest BCUT2D eigenvalue weighted by Crippen LogP contribution is -2.47. The summed E-state index contributed by atoms with van der Waals surface area (Å²) in [7, 11) is 4.06. The third-order valence-electron chi connectivity index (χ3n) is 5.30. The van der Waals surface area contributed by atoms with Crippen LogP contribution in [-0.2, 0) is 4.74 Å². The molecule has 0 bridgehead atoms. The lowest BCUT2D eigenvalue weighted by atomic mass is 10.1. The minimum atomic E-state index is 0.729. The number of benzene rings is 1. The SMILES string of the molecule is CN(C)c1ncnc2ccc(N3CCN(CC4CCOC4)CC3)cc12. The molecule has 1 atom stereocenters. The van der Waals surface area contributed by atoms with Crippen LogP contribution in [-0.4, -0.2) is 74.9 Å². The van der Waals surface area contributed by atoms with Crippen LogP contribution < -0.4 is 9.80 Å². The molecule has 2 aliphatic heterocycles. The molecule has 0 aliphatic carbocycles. The second-order valence-electron chi connectivity index (χ2n) is 7.31. The van der Waals surface area contributed by atoms with Gasteiger partial charge in [0.1, 0.15) is 12.1 Å². The molecule has 3 heterocycles. The standard InChI is InChI=1S/C19H27N5O/c1-22(2)19-17-11-16(3-4-18(17)20-14-21-19)24-8-6-23(7-9-24)12-15-5-10-25-13-15/h3-4,11,14-15H,5-10,12-13H2,1-2H3. The van der Waals surface area contributed by atoms with E-state index in [4.69, 9.17) is 4.74 Å². The Kier molecular flexibility index (Phi) is 4.72. The molecule has 2 aliphatic rings. The normalized spacial score (nSPS) is 21.8. The van der Waals surface area contributed by atoms with Crippen LogP contribution in [0.3, 0.4) is 0 Å². The van der Waals surface area contributed by atoms with Gasteiger partial charge < -0.3 is 14.5 Å². The summed E-state index contributed by atoms with van der Waals surface area (Å²) in [5.74, 6) is 1.71. The smallest absolute Gasteiger partial charge is 0.139 e. The number of ether oxygens (including phenoxy) is 1. The summed E-state index contributed by atoms with van der Waals surface area (Å²) >= 11 is 0. The molecule has 25 heavy (non-hydrogen) atoms. The monoisotopic (exact) mass is 341 g/mol. The van der Waals surface area contributed by atoms with Crippen molar-refractivity contribution >= 4 is 22.4 Å². The Hall–Kier alpha value is -1.92. The molecule has 1 aromatic heterocycles. The summed E-state index contributed by atoms with van der Waals surface area (Å²) in [6.45, 7) is 7.47. The van der Waals surface area contributed by atoms with Crippen molar-refractivity contribution in [3.8, 4) is 0 Å². The fourth-order valence-electron chi connectivity index (χ4n) is 3.87. The second-order valence-corrected chi connectivity index (χ2v) is 7.31. The van der Waals surface area contributed by atoms with Crippen LogP contribution in [0.4, 0.5) is 11.5 Å². The van der Waals surface area contributed by atoms with E-state index in [0.29, 0.717) is 0 Å². The number of rotatable bonds is 4. The van der Waals surface area contributed by atoms with Gasteiger partial charge in [-0.05, 0) is 30.5 Å². The Bertz CT molecular complexity index is 721. The van der Waals surface area contributed by atoms with Crippen molar-refractivity contribution < 1.29 is 4.74 Å². The quantitative estimate of drug-likeness (QED) is 0.846. The first-order valence-corrected chi connectivity index (χ1v) is 9.18. The van der Waals surface area contributed by atoms with Gasteiger partial charge in [-0.3, -0.25) is 4.90 Å². The van der Waals surface area contributed by atoms with E-state index in [-0.39, 0.29) is 0 Å². The first-order chi connectivity index (χ1) is 12.2. The van der Waals surface area contributed by atoms with Crippen molar-refractivity contribution in [1.29, 1.82) is 0 Å². The Morgan fingerprint density at radius 2 is 2.00 bits per heavy atom. The van der Waals surface area contributed by atoms with Crippen molar-refractivity contribution in [2.24, 2.45) is 5.92 Å². The summed E-state index contributed by atoms with van der Waals surface area (Å²) in [6.07, 6.45) is 2.86. The van der Waals surface area contributed by atoms with Crippen molar-refractivity contribution in [3.63, 3.8) is 0 Å². The second kappa shape index (κ2) is 7.14. The molecule has 0 N–H and O–H groups in total. The number of hydrogen-bond acceptors (Lipinski definition) is 6. The number of fused-ring (bicyclic) bond motifs is 1. The third kappa shape index (κ3) is 3.55. The van der Waals surface area contributed by atoms with E-state index in [2.05, 4.69) is 42.9 Å². The maximum absolute atomic E-state index is 5.51. The van der Waals surface area contributed by atoms with Crippen LogP contribution in [0.1, 0.15) is 6.42 Å². The molecule has 0 radical (unpaired) electrons. The maximum atomic E-state index is 5.51. The lowest BCUT2D eigenvalue weighted by Gasteiger charge is -2.37. The maximum Gasteiger partial charge on any atom is 0.139 e. The average molecular weight is 341 g/mol. The summed E-state index contributed by atoms with van der Waals surface area (Å²) in [6, 6.07) is 6.54. The topological polar surface area (TPSA) is 44.7 Å². The van der Waals surface area contributed by atoms with E-state index in [1.807, 2.05) is 14.1 Å². The zero-order chi connectivity index (χ0) is 17.2. The van der Waals surface area contributed by atoms with Crippen molar-refractivity contribution in [3.05, 3.63) is 24.5 Å². The predicted molar refractivity (Wildman–Crippen MR) is 101 cm³/mol. The summed E-state index contributed by atoms with van der Waals surface area (Å²) < 4.78 is 5.51. The number of nitrogens with zero attached hydrogens (tertiary/aromatic N) is 5. The molecular weight excluding hydrogens is 314 g/mol. The van der Waals surface area contributed by atoms with Crippen LogP contribution >= 0.6 is 0 Å². The van der Waals surface area contributed by atoms with Gasteiger partial charge in [-0.25, -0.2) is 9.97 Å². The molecule has 6 heteroatoms. The molecule has 1 unspecified atom stereocenters. The van der Waals surface area contributed by atoms with Crippen molar-refractivity contribution in [1.82, 2.24) is 14.9 Å². The van der Waals surface area contributed by atoms with E-state index in [1.165, 1.54) is 18.7 Å². The molecule has 2 saturated heterocycles. The van der Waals surface area contributed by atoms with Gasteiger partial charge in [0.15, 0.2) is 0 Å². The Labute approximate surface area is 149 Å². The van der Waals surface area contributed by atoms with E-state index >= 15 is 0 Å². The highest BCUT2D eigenvalue weighted by Gasteiger charge is 2.23. The Morgan fingerprint density at radius 1 is 1.16 bits per heavy atom. The first-order valence-electron chi connectivity index (χ1n) is 9.18. The van der Waals surface area contributed by atoms with Gasteiger partial charge in [-0.2, -0.15) is 0 Å². The van der Waals surface area contributed by atoms with Crippen LogP contribution in [0.2, 0.25) is 0 Å². The molecule has 1 aromatic carbocycles. The third-order valence-corrected chi connectivity index (χ3v) is 5.30. The van der Waals surface area contributed by atoms with Crippen LogP contribution in [0.5, 0.6) is 0 Å². The summed E-state index contributed by atoms with van der Waals surface area (Å²) in [4.78, 5) is 16.0. The molecule has 6 nitrogen and oxygen atoms in total. The predicted octanol–water partition coefficient (Wildman–Crippen LogP) is 1.85. The molecule has 2 fully saturated rings. The zero-order valence-electron chi connectivity index (χ0n) is 15.2. The van der Waals surface area contributed by atoms with E-state index in [1.54, 1.807) is 6.33 Å². The Balaban J connectivity index is 1.46. The van der Waals surface area contributed by atoms with E-state index in [9.17, 15) is 0 Å². The highest BCUT2D eigenvalue weighted by atomic mass is 16.5. The average Bonchev–Trinajstić information content (AvgIpc) is 3.14. The van der Waals surface area contributed by atoms with E-state index < -0.39 is 0 Å². The largest absolute Gasteiger partial charge is 0.381 e. The summed E-state index contributed by atoms with van der Waals surface area (Å²) in [5.41, 5.74) is 2.27. The molecule has 2 aromatic rings. The van der Waals surface area contributed by atoms with Gasteiger partial charge in [-0.15, -0.1) is 0 Å². The fraction of sp³-hybridized carbons (Fsp3) is 0.579. The lowest BCUT2D eigenvalue weighted by molar-refractivity contribution is 0.164. The molecule has 0 amide bonds. The van der Waals surface area contributed by atoms with Gasteiger partial charge in [-0.1, -0.05) is 0 Å². The number of aromatic nitrogens is 2. The molecule has 134 valence electrons. The van der Waals surface area contributed by atoms with Crippen LogP contribution in [0.25, 0.3) is 10.9 Å². The zero-order valence-corrected chi connectivity index (χ0v) is 15.2. The van der Waals surface area contributed by atoms with E-state index in [0.717, 1.165) is 62.0 Å². The molecule has 0 spiro atoms. The van der Waals surface area contributed by atoms with Crippen molar-refractivity contribution in [2.75, 3.05) is 69.8 Å². The Morgan fingerprint density at radius 3 is 2.72 bits per heavy atom. The molecule has 0 saturated carbocycles. The minimum Gasteiger partial charge on any atom is -0.381 e. The number of anilines is 2. The summed E-state index contributed by atoms with van der Waals surface area (Å²) in [5, 5.41) is 1.12. The molecular formula is C19H27N5O. The fourth-order valence-corrected chi connectivity index (χ4v) is 3.87. The van der Waals surface area contributed by atoms with Gasteiger partial charge >= 0.3 is 0 Å². The van der Waals surface area contributed by atoms with Gasteiger partial charge in [0.05, 0.1) is 12.1 Å². The van der Waals surface area contributed by atoms with Gasteiger partial charge in [0, 0.05) is 64.5 Å². The number of piperazine rings is 1. The van der Waals surface area contributed by atoms with Crippen LogP contribution in [0, 0.1) is 5.92 Å².